The third kappa shape index (κ3) is 5.29. The van der Waals surface area contributed by atoms with Crippen LogP contribution in [0.5, 0.6) is 0 Å². The Balaban J connectivity index is 1.05. The molecule has 0 amide bonds. The first-order valence-corrected chi connectivity index (χ1v) is 21.8. The number of rotatable bonds is 6. The van der Waals surface area contributed by atoms with Crippen molar-refractivity contribution in [3.63, 3.8) is 0 Å². The van der Waals surface area contributed by atoms with Crippen LogP contribution in [0.15, 0.2) is 205 Å². The SMILES string of the molecule is CC1(C)c2ccccc2-c2c(-c3ccccc3N(c3ccc(-c4cccc5c4C(C)(C)c4ccccc4-5)cc3)c3cccc(-c4cccc5oc6ccccc6c45)c3)cccc21. The normalized spacial score (nSPS) is 14.1. The minimum absolute atomic E-state index is 0.105. The van der Waals surface area contributed by atoms with Gasteiger partial charge in [-0.25, -0.2) is 0 Å². The number of para-hydroxylation sites is 2. The predicted molar refractivity (Wildman–Crippen MR) is 260 cm³/mol. The Hall–Kier alpha value is -7.42. The second kappa shape index (κ2) is 13.5. The maximum Gasteiger partial charge on any atom is 0.136 e. The molecular formula is C60H45NO. The van der Waals surface area contributed by atoms with E-state index in [1.807, 2.05) is 6.07 Å². The molecule has 1 heterocycles. The number of benzene rings is 9. The molecule has 2 aliphatic carbocycles. The molecule has 2 heteroatoms. The van der Waals surface area contributed by atoms with E-state index in [0.717, 1.165) is 50.1 Å². The van der Waals surface area contributed by atoms with Crippen molar-refractivity contribution in [3.8, 4) is 55.6 Å². The first-order chi connectivity index (χ1) is 30.3. The van der Waals surface area contributed by atoms with Gasteiger partial charge in [0.2, 0.25) is 0 Å². The average Bonchev–Trinajstić information content (AvgIpc) is 3.90. The third-order valence-corrected chi connectivity index (χ3v) is 13.9. The van der Waals surface area contributed by atoms with Crippen molar-refractivity contribution in [1.82, 2.24) is 0 Å². The van der Waals surface area contributed by atoms with Gasteiger partial charge in [0.1, 0.15) is 11.2 Å². The topological polar surface area (TPSA) is 16.4 Å². The van der Waals surface area contributed by atoms with E-state index in [9.17, 15) is 0 Å². The molecule has 0 aliphatic heterocycles. The summed E-state index contributed by atoms with van der Waals surface area (Å²) in [5.41, 5.74) is 22.9. The van der Waals surface area contributed by atoms with Crippen LogP contribution in [0.4, 0.5) is 17.1 Å². The van der Waals surface area contributed by atoms with Gasteiger partial charge in [-0.05, 0) is 115 Å². The van der Waals surface area contributed by atoms with Crippen LogP contribution in [-0.2, 0) is 10.8 Å². The van der Waals surface area contributed by atoms with Crippen molar-refractivity contribution in [1.29, 1.82) is 0 Å². The Morgan fingerprint density at radius 2 is 0.952 bits per heavy atom. The minimum atomic E-state index is -0.112. The summed E-state index contributed by atoms with van der Waals surface area (Å²) in [6.07, 6.45) is 0. The zero-order chi connectivity index (χ0) is 41.7. The molecule has 10 aromatic rings. The van der Waals surface area contributed by atoms with Gasteiger partial charge in [0.05, 0.1) is 5.69 Å². The molecule has 0 saturated carbocycles. The van der Waals surface area contributed by atoms with Crippen molar-refractivity contribution in [2.45, 2.75) is 38.5 Å². The summed E-state index contributed by atoms with van der Waals surface area (Å²) in [6, 6.07) is 73.5. The molecule has 0 saturated heterocycles. The molecule has 9 aromatic carbocycles. The molecule has 0 bridgehead atoms. The highest BCUT2D eigenvalue weighted by molar-refractivity contribution is 6.12. The van der Waals surface area contributed by atoms with Crippen molar-refractivity contribution in [3.05, 3.63) is 222 Å². The second-order valence-electron chi connectivity index (χ2n) is 18.0. The monoisotopic (exact) mass is 795 g/mol. The number of nitrogens with zero attached hydrogens (tertiary/aromatic N) is 1. The molecular weight excluding hydrogens is 751 g/mol. The van der Waals surface area contributed by atoms with Gasteiger partial charge in [-0.3, -0.25) is 0 Å². The number of anilines is 3. The number of furan rings is 1. The quantitative estimate of drug-likeness (QED) is 0.167. The lowest BCUT2D eigenvalue weighted by Crippen LogP contribution is -2.16. The summed E-state index contributed by atoms with van der Waals surface area (Å²) >= 11 is 0. The van der Waals surface area contributed by atoms with E-state index in [1.165, 1.54) is 66.8 Å². The fraction of sp³-hybridized carbons (Fsp3) is 0.100. The lowest BCUT2D eigenvalue weighted by atomic mass is 9.79. The zero-order valence-electron chi connectivity index (χ0n) is 35.4. The fourth-order valence-electron chi connectivity index (χ4n) is 11.0. The van der Waals surface area contributed by atoms with Gasteiger partial charge < -0.3 is 9.32 Å². The summed E-state index contributed by atoms with van der Waals surface area (Å²) in [4.78, 5) is 2.46. The molecule has 0 atom stereocenters. The molecule has 2 nitrogen and oxygen atoms in total. The van der Waals surface area contributed by atoms with Gasteiger partial charge in [-0.15, -0.1) is 0 Å². The minimum Gasteiger partial charge on any atom is -0.456 e. The van der Waals surface area contributed by atoms with Gasteiger partial charge in [0.25, 0.3) is 0 Å². The van der Waals surface area contributed by atoms with Crippen LogP contribution >= 0.6 is 0 Å². The highest BCUT2D eigenvalue weighted by Crippen LogP contribution is 2.55. The molecule has 296 valence electrons. The van der Waals surface area contributed by atoms with Gasteiger partial charge in [-0.1, -0.05) is 185 Å². The summed E-state index contributed by atoms with van der Waals surface area (Å²) in [7, 11) is 0. The van der Waals surface area contributed by atoms with Crippen molar-refractivity contribution < 1.29 is 4.42 Å². The molecule has 0 radical (unpaired) electrons. The lowest BCUT2D eigenvalue weighted by molar-refractivity contribution is 0.660. The van der Waals surface area contributed by atoms with Crippen molar-refractivity contribution in [2.24, 2.45) is 0 Å². The Morgan fingerprint density at radius 1 is 0.371 bits per heavy atom. The first-order valence-electron chi connectivity index (χ1n) is 21.8. The standard InChI is InChI=1S/C60H45NO/c1-59(2)51-28-10-6-21-48(51)56-46(25-15-29-52(56)59)45-20-7-11-30-53(45)61(41-18-13-17-39(37-41)42-23-16-32-55-57(42)49-22-8-12-31-54(49)62-55)40-35-33-38(34-36-40)43-24-14-26-47-44-19-5-9-27-50(44)60(3,4)58(43)47/h5-37H,1-4H3. The predicted octanol–water partition coefficient (Wildman–Crippen LogP) is 16.7. The molecule has 0 fully saturated rings. The first kappa shape index (κ1) is 36.4. The Bertz CT molecular complexity index is 3420. The van der Waals surface area contributed by atoms with E-state index in [1.54, 1.807) is 0 Å². The third-order valence-electron chi connectivity index (χ3n) is 13.9. The van der Waals surface area contributed by atoms with E-state index in [4.69, 9.17) is 4.42 Å². The molecule has 0 N–H and O–H groups in total. The Kier molecular flexibility index (Phi) is 7.96. The van der Waals surface area contributed by atoms with E-state index in [0.29, 0.717) is 0 Å². The van der Waals surface area contributed by atoms with Crippen LogP contribution in [0.25, 0.3) is 77.6 Å². The van der Waals surface area contributed by atoms with E-state index >= 15 is 0 Å². The largest absolute Gasteiger partial charge is 0.456 e. The van der Waals surface area contributed by atoms with Gasteiger partial charge in [0.15, 0.2) is 0 Å². The summed E-state index contributed by atoms with van der Waals surface area (Å²) in [5.74, 6) is 0. The molecule has 0 unspecified atom stereocenters. The molecule has 0 spiro atoms. The lowest BCUT2D eigenvalue weighted by Gasteiger charge is -2.29. The number of hydrogen-bond donors (Lipinski definition) is 0. The van der Waals surface area contributed by atoms with E-state index in [2.05, 4.69) is 227 Å². The highest BCUT2D eigenvalue weighted by atomic mass is 16.3. The molecule has 1 aromatic heterocycles. The van der Waals surface area contributed by atoms with E-state index in [-0.39, 0.29) is 10.8 Å². The average molecular weight is 796 g/mol. The molecule has 12 rings (SSSR count). The van der Waals surface area contributed by atoms with Crippen LogP contribution < -0.4 is 4.90 Å². The summed E-state index contributed by atoms with van der Waals surface area (Å²) in [5, 5.41) is 2.26. The Morgan fingerprint density at radius 3 is 1.79 bits per heavy atom. The Labute approximate surface area is 363 Å². The maximum atomic E-state index is 6.37. The van der Waals surface area contributed by atoms with Crippen LogP contribution in [-0.4, -0.2) is 0 Å². The van der Waals surface area contributed by atoms with Crippen LogP contribution in [0.3, 0.4) is 0 Å². The van der Waals surface area contributed by atoms with Crippen molar-refractivity contribution in [2.75, 3.05) is 4.90 Å². The number of hydrogen-bond acceptors (Lipinski definition) is 2. The molecule has 2 aliphatic rings. The van der Waals surface area contributed by atoms with Crippen molar-refractivity contribution >= 4 is 39.0 Å². The maximum absolute atomic E-state index is 6.37. The zero-order valence-corrected chi connectivity index (χ0v) is 35.4. The number of fused-ring (bicyclic) bond motifs is 9. The second-order valence-corrected chi connectivity index (χ2v) is 18.0. The van der Waals surface area contributed by atoms with Gasteiger partial charge in [0, 0.05) is 38.5 Å². The summed E-state index contributed by atoms with van der Waals surface area (Å²) < 4.78 is 6.37. The van der Waals surface area contributed by atoms with Crippen LogP contribution in [0.2, 0.25) is 0 Å². The highest BCUT2D eigenvalue weighted by Gasteiger charge is 2.38. The fourth-order valence-corrected chi connectivity index (χ4v) is 11.0. The summed E-state index contributed by atoms with van der Waals surface area (Å²) in [6.45, 7) is 9.46. The van der Waals surface area contributed by atoms with Crippen LogP contribution in [0.1, 0.15) is 49.9 Å². The van der Waals surface area contributed by atoms with E-state index < -0.39 is 0 Å². The smallest absolute Gasteiger partial charge is 0.136 e. The van der Waals surface area contributed by atoms with Gasteiger partial charge >= 0.3 is 0 Å². The van der Waals surface area contributed by atoms with Gasteiger partial charge in [-0.2, -0.15) is 0 Å². The molecule has 62 heavy (non-hydrogen) atoms. The van der Waals surface area contributed by atoms with Crippen LogP contribution in [0, 0.1) is 0 Å².